The van der Waals surface area contributed by atoms with Gasteiger partial charge in [-0.25, -0.2) is 4.79 Å². The van der Waals surface area contributed by atoms with Crippen LogP contribution in [0.25, 0.3) is 0 Å². The summed E-state index contributed by atoms with van der Waals surface area (Å²) < 4.78 is 4.25. The van der Waals surface area contributed by atoms with E-state index in [0.717, 1.165) is 19.3 Å². The van der Waals surface area contributed by atoms with Crippen molar-refractivity contribution in [2.45, 2.75) is 32.6 Å². The number of hydrogen-bond acceptors (Lipinski definition) is 4. The first-order valence-electron chi connectivity index (χ1n) is 4.99. The Morgan fingerprint density at radius 1 is 1.40 bits per heavy atom. The summed E-state index contributed by atoms with van der Waals surface area (Å²) in [6.07, 6.45) is 5.60. The number of carboxylic acids is 1. The van der Waals surface area contributed by atoms with Gasteiger partial charge in [0.05, 0.1) is 0 Å². The highest BCUT2D eigenvalue weighted by molar-refractivity contribution is 5.85. The van der Waals surface area contributed by atoms with Crippen molar-refractivity contribution in [2.75, 3.05) is 6.54 Å². The van der Waals surface area contributed by atoms with Crippen LogP contribution in [0.1, 0.15) is 32.6 Å². The molecular weight excluding hydrogens is 198 g/mol. The van der Waals surface area contributed by atoms with Crippen molar-refractivity contribution >= 4 is 12.4 Å². The van der Waals surface area contributed by atoms with Crippen LogP contribution in [0.3, 0.4) is 0 Å². The van der Waals surface area contributed by atoms with Gasteiger partial charge in [0.2, 0.25) is 5.76 Å². The largest absolute Gasteiger partial charge is 0.475 e. The van der Waals surface area contributed by atoms with E-state index < -0.39 is 5.97 Å². The maximum absolute atomic E-state index is 10.5. The molecule has 86 valence electrons. The molecule has 15 heavy (non-hydrogen) atoms. The van der Waals surface area contributed by atoms with E-state index in [1.807, 2.05) is 0 Å². The molecule has 5 heteroatoms. The number of ether oxygens (including phenoxy) is 1. The van der Waals surface area contributed by atoms with Crippen molar-refractivity contribution in [3.05, 3.63) is 12.0 Å². The molecule has 5 nitrogen and oxygen atoms in total. The van der Waals surface area contributed by atoms with Gasteiger partial charge < -0.3 is 15.2 Å². The van der Waals surface area contributed by atoms with Gasteiger partial charge in [0.15, 0.2) is 0 Å². The third-order valence-electron chi connectivity index (χ3n) is 1.79. The van der Waals surface area contributed by atoms with Gasteiger partial charge in [0, 0.05) is 12.7 Å². The molecule has 0 rings (SSSR count). The van der Waals surface area contributed by atoms with E-state index in [1.54, 1.807) is 0 Å². The Bertz CT molecular complexity index is 225. The molecule has 0 spiro atoms. The molecule has 0 saturated heterocycles. The second kappa shape index (κ2) is 9.05. The summed E-state index contributed by atoms with van der Waals surface area (Å²) in [6, 6.07) is 0. The molecule has 2 N–H and O–H groups in total. The fraction of sp³-hybridized carbons (Fsp3) is 0.600. The van der Waals surface area contributed by atoms with Crippen LogP contribution in [-0.2, 0) is 14.3 Å². The SMILES string of the molecule is CCCCCCNC=C(OC=O)C(=O)O. The molecule has 0 amide bonds. The maximum atomic E-state index is 10.5. The normalized spacial score (nSPS) is 10.9. The smallest absolute Gasteiger partial charge is 0.373 e. The molecule has 0 unspecified atom stereocenters. The molecule has 0 aromatic heterocycles. The Kier molecular flexibility index (Phi) is 8.13. The van der Waals surface area contributed by atoms with E-state index in [2.05, 4.69) is 17.0 Å². The highest BCUT2D eigenvalue weighted by Crippen LogP contribution is 1.98. The summed E-state index contributed by atoms with van der Waals surface area (Å²) >= 11 is 0. The van der Waals surface area contributed by atoms with Crippen LogP contribution in [0.2, 0.25) is 0 Å². The van der Waals surface area contributed by atoms with Gasteiger partial charge in [0.25, 0.3) is 6.47 Å². The van der Waals surface area contributed by atoms with Crippen LogP contribution in [0.4, 0.5) is 0 Å². The van der Waals surface area contributed by atoms with Crippen LogP contribution in [0, 0.1) is 0 Å². The molecule has 0 aliphatic carbocycles. The number of carbonyl (C=O) groups is 2. The fourth-order valence-electron chi connectivity index (χ4n) is 1.02. The number of hydrogen-bond donors (Lipinski definition) is 2. The summed E-state index contributed by atoms with van der Waals surface area (Å²) in [4.78, 5) is 20.4. The lowest BCUT2D eigenvalue weighted by Gasteiger charge is -2.02. The van der Waals surface area contributed by atoms with E-state index in [4.69, 9.17) is 5.11 Å². The number of nitrogens with one attached hydrogen (secondary N) is 1. The third-order valence-corrected chi connectivity index (χ3v) is 1.79. The molecule has 0 aromatic carbocycles. The average Bonchev–Trinajstić information content (AvgIpc) is 2.21. The molecule has 0 atom stereocenters. The molecule has 0 saturated carbocycles. The summed E-state index contributed by atoms with van der Waals surface area (Å²) in [5.74, 6) is -1.65. The Morgan fingerprint density at radius 2 is 2.13 bits per heavy atom. The fourth-order valence-corrected chi connectivity index (χ4v) is 1.02. The van der Waals surface area contributed by atoms with Gasteiger partial charge >= 0.3 is 5.97 Å². The van der Waals surface area contributed by atoms with Gasteiger partial charge in [-0.1, -0.05) is 26.2 Å². The summed E-state index contributed by atoms with van der Waals surface area (Å²) in [5.41, 5.74) is 0. The monoisotopic (exact) mass is 215 g/mol. The van der Waals surface area contributed by atoms with Gasteiger partial charge in [-0.3, -0.25) is 4.79 Å². The lowest BCUT2D eigenvalue weighted by molar-refractivity contribution is -0.141. The van der Waals surface area contributed by atoms with Crippen molar-refractivity contribution in [3.63, 3.8) is 0 Å². The first-order valence-corrected chi connectivity index (χ1v) is 4.99. The van der Waals surface area contributed by atoms with E-state index in [9.17, 15) is 9.59 Å². The number of unbranched alkanes of at least 4 members (excludes halogenated alkanes) is 3. The first-order chi connectivity index (χ1) is 7.22. The molecule has 0 aliphatic rings. The first kappa shape index (κ1) is 13.5. The van der Waals surface area contributed by atoms with Gasteiger partial charge in [0.1, 0.15) is 0 Å². The third kappa shape index (κ3) is 7.54. The molecule has 0 bridgehead atoms. The van der Waals surface area contributed by atoms with Crippen molar-refractivity contribution in [2.24, 2.45) is 0 Å². The van der Waals surface area contributed by atoms with Gasteiger partial charge in [-0.2, -0.15) is 0 Å². The van der Waals surface area contributed by atoms with Crippen molar-refractivity contribution in [3.8, 4) is 0 Å². The zero-order valence-corrected chi connectivity index (χ0v) is 8.86. The van der Waals surface area contributed by atoms with E-state index in [-0.39, 0.29) is 12.2 Å². The van der Waals surface area contributed by atoms with E-state index >= 15 is 0 Å². The van der Waals surface area contributed by atoms with Crippen LogP contribution in [0.5, 0.6) is 0 Å². The summed E-state index contributed by atoms with van der Waals surface area (Å²) in [7, 11) is 0. The molecule has 0 aliphatic heterocycles. The number of carboxylic acid groups (broad SMARTS) is 1. The van der Waals surface area contributed by atoms with Crippen molar-refractivity contribution in [1.82, 2.24) is 5.32 Å². The minimum atomic E-state index is -1.26. The van der Waals surface area contributed by atoms with E-state index in [0.29, 0.717) is 6.54 Å². The Balaban J connectivity index is 3.70. The molecule has 0 heterocycles. The quantitative estimate of drug-likeness (QED) is 0.262. The van der Waals surface area contributed by atoms with E-state index in [1.165, 1.54) is 12.6 Å². The van der Waals surface area contributed by atoms with Crippen LogP contribution >= 0.6 is 0 Å². The zero-order chi connectivity index (χ0) is 11.5. The molecule has 0 aromatic rings. The second-order valence-corrected chi connectivity index (χ2v) is 3.04. The van der Waals surface area contributed by atoms with Crippen LogP contribution in [0.15, 0.2) is 12.0 Å². The predicted octanol–water partition coefficient (Wildman–Crippen LogP) is 1.26. The molecular formula is C10H17NO4. The topological polar surface area (TPSA) is 75.6 Å². The Hall–Kier alpha value is -1.52. The standard InChI is InChI=1S/C10H17NO4/c1-2-3-4-5-6-11-7-9(10(13)14)15-8-12/h7-8,11H,2-6H2,1H3,(H,13,14). The predicted molar refractivity (Wildman–Crippen MR) is 55.0 cm³/mol. The lowest BCUT2D eigenvalue weighted by atomic mass is 10.2. The zero-order valence-electron chi connectivity index (χ0n) is 8.86. The molecule has 0 fully saturated rings. The summed E-state index contributed by atoms with van der Waals surface area (Å²) in [5, 5.41) is 11.3. The number of rotatable bonds is 9. The Labute approximate surface area is 89.1 Å². The van der Waals surface area contributed by atoms with Crippen molar-refractivity contribution < 1.29 is 19.4 Å². The number of aliphatic carboxylic acids is 1. The highest BCUT2D eigenvalue weighted by Gasteiger charge is 2.06. The average molecular weight is 215 g/mol. The van der Waals surface area contributed by atoms with Gasteiger partial charge in [-0.05, 0) is 6.42 Å². The van der Waals surface area contributed by atoms with Crippen molar-refractivity contribution in [1.29, 1.82) is 0 Å². The summed E-state index contributed by atoms with van der Waals surface area (Å²) in [6.45, 7) is 2.89. The highest BCUT2D eigenvalue weighted by atomic mass is 16.5. The van der Waals surface area contributed by atoms with Crippen LogP contribution in [-0.4, -0.2) is 24.1 Å². The Morgan fingerprint density at radius 3 is 2.67 bits per heavy atom. The maximum Gasteiger partial charge on any atom is 0.373 e. The second-order valence-electron chi connectivity index (χ2n) is 3.04. The molecule has 0 radical (unpaired) electrons. The number of carbonyl (C=O) groups excluding carboxylic acids is 1. The minimum absolute atomic E-state index is 0.0959. The van der Waals surface area contributed by atoms with Crippen LogP contribution < -0.4 is 5.32 Å². The lowest BCUT2D eigenvalue weighted by Crippen LogP contribution is -2.13. The minimum Gasteiger partial charge on any atom is -0.475 e. The van der Waals surface area contributed by atoms with Gasteiger partial charge in [-0.15, -0.1) is 0 Å².